The van der Waals surface area contributed by atoms with Gasteiger partial charge in [-0.15, -0.1) is 0 Å². The monoisotopic (exact) mass is 555 g/mol. The van der Waals surface area contributed by atoms with E-state index < -0.39 is 47.4 Å². The summed E-state index contributed by atoms with van der Waals surface area (Å²) in [5, 5.41) is 21.1. The molecule has 0 aliphatic carbocycles. The second kappa shape index (κ2) is 13.3. The number of carbonyl (C=O) groups excluding carboxylic acids is 3. The van der Waals surface area contributed by atoms with Crippen molar-refractivity contribution >= 4 is 17.7 Å². The van der Waals surface area contributed by atoms with Gasteiger partial charge >= 0.3 is 12.1 Å². The first-order valence-electron chi connectivity index (χ1n) is 13.2. The number of nitriles is 1. The number of nitrogens with one attached hydrogen (secondary N) is 3. The van der Waals surface area contributed by atoms with Gasteiger partial charge in [0.15, 0.2) is 0 Å². The number of alkyl halides is 3. The molecule has 4 atom stereocenters. The third-order valence-corrected chi connectivity index (χ3v) is 6.69. The van der Waals surface area contributed by atoms with Crippen LogP contribution in [0.1, 0.15) is 65.3 Å². The van der Waals surface area contributed by atoms with Crippen molar-refractivity contribution in [2.45, 2.75) is 97.6 Å². The summed E-state index contributed by atoms with van der Waals surface area (Å²) in [6.45, 7) is 12.0. The van der Waals surface area contributed by atoms with Crippen molar-refractivity contribution in [3.8, 4) is 6.07 Å². The predicted octanol–water partition coefficient (Wildman–Crippen LogP) is 2.45. The summed E-state index contributed by atoms with van der Waals surface area (Å²) in [4.78, 5) is 42.5. The quantitative estimate of drug-likeness (QED) is 0.384. The van der Waals surface area contributed by atoms with E-state index in [-0.39, 0.29) is 25.4 Å². The number of H-pyrrole nitrogens is 1. The summed E-state index contributed by atoms with van der Waals surface area (Å²) in [6.07, 6.45) is -3.10. The number of amides is 3. The summed E-state index contributed by atoms with van der Waals surface area (Å²) >= 11 is 0. The third kappa shape index (κ3) is 8.68. The van der Waals surface area contributed by atoms with E-state index >= 15 is 0 Å². The largest absolute Gasteiger partial charge is 0.471 e. The van der Waals surface area contributed by atoms with Crippen molar-refractivity contribution in [3.63, 3.8) is 0 Å². The van der Waals surface area contributed by atoms with E-state index in [1.807, 2.05) is 25.2 Å². The van der Waals surface area contributed by atoms with Crippen LogP contribution in [0, 0.1) is 23.7 Å². The number of aryl methyl sites for hydroxylation is 1. The van der Waals surface area contributed by atoms with Crippen molar-refractivity contribution in [2.24, 2.45) is 5.41 Å². The van der Waals surface area contributed by atoms with Crippen LogP contribution in [-0.4, -0.2) is 87.7 Å². The van der Waals surface area contributed by atoms with E-state index in [4.69, 9.17) is 0 Å². The Labute approximate surface area is 227 Å². The van der Waals surface area contributed by atoms with Crippen LogP contribution in [0.5, 0.6) is 0 Å². The minimum atomic E-state index is -5.17. The maximum atomic E-state index is 13.8. The number of hydrogen-bond acceptors (Lipinski definition) is 6. The summed E-state index contributed by atoms with van der Waals surface area (Å²) in [5.74, 6) is -3.57. The Morgan fingerprint density at radius 2 is 1.82 bits per heavy atom. The number of carbonyl (C=O) groups is 3. The molecule has 13 heteroatoms. The van der Waals surface area contributed by atoms with E-state index in [0.717, 1.165) is 31.6 Å². The molecule has 2 rings (SSSR count). The standard InChI is InChI=1S/C26H40F3N7O3/c1-7-9-35(10-8-2)19-13-20(22(37)31-18(14-30)12-17-11-16(3)33-34-17)36(15-19)23(38)21(25(4,5)6)32-24(39)26(27,28)29/h11,18-21H,7-10,12-13,15H2,1-6H3,(H,31,37)(H,32,39)(H,33,34)/t18-,19+,20-,21?/m0/s1. The highest BCUT2D eigenvalue weighted by atomic mass is 19.4. The molecule has 1 unspecified atom stereocenters. The van der Waals surface area contributed by atoms with Crippen molar-refractivity contribution < 1.29 is 27.6 Å². The molecule has 1 aliphatic heterocycles. The Hall–Kier alpha value is -3.14. The van der Waals surface area contributed by atoms with E-state index in [1.54, 1.807) is 33.8 Å². The molecule has 3 N–H and O–H groups in total. The minimum absolute atomic E-state index is 0.112. The van der Waals surface area contributed by atoms with Gasteiger partial charge in [0.1, 0.15) is 18.1 Å². The van der Waals surface area contributed by atoms with Gasteiger partial charge < -0.3 is 15.5 Å². The second-order valence-electron chi connectivity index (χ2n) is 11.1. The lowest BCUT2D eigenvalue weighted by Gasteiger charge is -2.36. The summed E-state index contributed by atoms with van der Waals surface area (Å²) in [7, 11) is 0. The van der Waals surface area contributed by atoms with Gasteiger partial charge in [0, 0.05) is 24.7 Å². The zero-order valence-corrected chi connectivity index (χ0v) is 23.5. The molecule has 3 amide bonds. The molecule has 0 aromatic carbocycles. The molecule has 1 aromatic heterocycles. The molecule has 0 saturated carbocycles. The number of nitrogens with zero attached hydrogens (tertiary/aromatic N) is 4. The maximum absolute atomic E-state index is 13.8. The molecule has 1 saturated heterocycles. The fraction of sp³-hybridized carbons (Fsp3) is 0.731. The number of likely N-dealkylation sites (tertiary alicyclic amines) is 1. The van der Waals surface area contributed by atoms with Crippen LogP contribution in [0.15, 0.2) is 6.07 Å². The number of aromatic nitrogens is 2. The molecule has 1 fully saturated rings. The lowest BCUT2D eigenvalue weighted by atomic mass is 9.85. The van der Waals surface area contributed by atoms with Gasteiger partial charge in [-0.2, -0.15) is 23.5 Å². The fourth-order valence-corrected chi connectivity index (χ4v) is 4.83. The first kappa shape index (κ1) is 32.1. The molecule has 1 aliphatic rings. The lowest BCUT2D eigenvalue weighted by molar-refractivity contribution is -0.176. The Kier molecular flexibility index (Phi) is 10.9. The fourth-order valence-electron chi connectivity index (χ4n) is 4.83. The first-order chi connectivity index (χ1) is 18.1. The highest BCUT2D eigenvalue weighted by molar-refractivity contribution is 5.94. The van der Waals surface area contributed by atoms with Gasteiger partial charge in [-0.25, -0.2) is 0 Å². The topological polar surface area (TPSA) is 134 Å². The summed E-state index contributed by atoms with van der Waals surface area (Å²) in [5.41, 5.74) is 0.303. The molecule has 2 heterocycles. The van der Waals surface area contributed by atoms with Gasteiger partial charge in [0.25, 0.3) is 0 Å². The molecule has 39 heavy (non-hydrogen) atoms. The molecule has 10 nitrogen and oxygen atoms in total. The smallest absolute Gasteiger partial charge is 0.338 e. The SMILES string of the molecule is CCCN(CCC)[C@@H]1C[C@@H](C(=O)N[C@H](C#N)Cc2cc(C)[nH]n2)N(C(=O)C(NC(=O)C(F)(F)F)C(C)(C)C)C1. The lowest BCUT2D eigenvalue weighted by Crippen LogP contribution is -2.59. The molecular weight excluding hydrogens is 515 g/mol. The Morgan fingerprint density at radius 3 is 2.28 bits per heavy atom. The number of hydrogen-bond donors (Lipinski definition) is 3. The predicted molar refractivity (Wildman–Crippen MR) is 138 cm³/mol. The van der Waals surface area contributed by atoms with Gasteiger partial charge in [-0.05, 0) is 50.8 Å². The van der Waals surface area contributed by atoms with E-state index in [0.29, 0.717) is 5.69 Å². The van der Waals surface area contributed by atoms with Crippen LogP contribution in [0.25, 0.3) is 0 Å². The zero-order valence-electron chi connectivity index (χ0n) is 23.5. The highest BCUT2D eigenvalue weighted by Gasteiger charge is 2.48. The van der Waals surface area contributed by atoms with Gasteiger partial charge in [0.05, 0.1) is 11.8 Å². The van der Waals surface area contributed by atoms with Crippen LogP contribution in [0.2, 0.25) is 0 Å². The van der Waals surface area contributed by atoms with Crippen molar-refractivity contribution in [1.29, 1.82) is 5.26 Å². The van der Waals surface area contributed by atoms with Crippen LogP contribution >= 0.6 is 0 Å². The van der Waals surface area contributed by atoms with Crippen LogP contribution < -0.4 is 10.6 Å². The van der Waals surface area contributed by atoms with Crippen LogP contribution in [0.3, 0.4) is 0 Å². The second-order valence-corrected chi connectivity index (χ2v) is 11.1. The zero-order chi connectivity index (χ0) is 29.5. The summed E-state index contributed by atoms with van der Waals surface area (Å²) in [6, 6.07) is 0.107. The maximum Gasteiger partial charge on any atom is 0.471 e. The van der Waals surface area contributed by atoms with E-state index in [2.05, 4.69) is 20.4 Å². The van der Waals surface area contributed by atoms with Crippen molar-refractivity contribution in [3.05, 3.63) is 17.5 Å². The van der Waals surface area contributed by atoms with Crippen LogP contribution in [0.4, 0.5) is 13.2 Å². The third-order valence-electron chi connectivity index (χ3n) is 6.69. The van der Waals surface area contributed by atoms with Gasteiger partial charge in [0.2, 0.25) is 11.8 Å². The van der Waals surface area contributed by atoms with Gasteiger partial charge in [-0.3, -0.25) is 24.4 Å². The molecule has 0 spiro atoms. The number of rotatable bonds is 11. The Bertz CT molecular complexity index is 1040. The van der Waals surface area contributed by atoms with Crippen LogP contribution in [-0.2, 0) is 20.8 Å². The Morgan fingerprint density at radius 1 is 1.21 bits per heavy atom. The minimum Gasteiger partial charge on any atom is -0.338 e. The molecule has 218 valence electrons. The molecule has 0 radical (unpaired) electrons. The average Bonchev–Trinajstić information content (AvgIpc) is 3.46. The Balaban J connectivity index is 2.37. The van der Waals surface area contributed by atoms with Crippen molar-refractivity contribution in [2.75, 3.05) is 19.6 Å². The normalized spacial score (nSPS) is 19.5. The molecular formula is C26H40F3N7O3. The highest BCUT2D eigenvalue weighted by Crippen LogP contribution is 2.29. The average molecular weight is 556 g/mol. The molecule has 0 bridgehead atoms. The first-order valence-corrected chi connectivity index (χ1v) is 13.2. The molecule has 1 aromatic rings. The number of halogens is 3. The van der Waals surface area contributed by atoms with Gasteiger partial charge in [-0.1, -0.05) is 34.6 Å². The van der Waals surface area contributed by atoms with E-state index in [9.17, 15) is 32.8 Å². The number of aromatic amines is 1. The van der Waals surface area contributed by atoms with Crippen molar-refractivity contribution in [1.82, 2.24) is 30.6 Å². The summed E-state index contributed by atoms with van der Waals surface area (Å²) < 4.78 is 39.3. The van der Waals surface area contributed by atoms with E-state index in [1.165, 1.54) is 4.90 Å².